The molecule has 1 aromatic carbocycles. The minimum atomic E-state index is -0.475. The Kier molecular flexibility index (Phi) is 18.7. The normalized spacial score (nSPS) is 18.2. The fourth-order valence-electron chi connectivity index (χ4n) is 4.61. The quantitative estimate of drug-likeness (QED) is 0.158. The average molecular weight is 570 g/mol. The summed E-state index contributed by atoms with van der Waals surface area (Å²) in [5, 5.41) is 0. The second-order valence-corrected chi connectivity index (χ2v) is 10.7. The van der Waals surface area contributed by atoms with Crippen LogP contribution < -0.4 is 0 Å². The van der Waals surface area contributed by atoms with E-state index in [4.69, 9.17) is 4.74 Å². The van der Waals surface area contributed by atoms with Crippen molar-refractivity contribution in [2.24, 2.45) is 5.92 Å². The molecule has 4 heteroatoms. The molecule has 0 spiro atoms. The minimum Gasteiger partial charge on any atom is -0.496 e. The Labute approximate surface area is 251 Å². The predicted molar refractivity (Wildman–Crippen MR) is 176 cm³/mol. The molecule has 2 rings (SSSR count). The molecule has 0 aliphatic carbocycles. The lowest BCUT2D eigenvalue weighted by Crippen LogP contribution is -2.23. The van der Waals surface area contributed by atoms with Gasteiger partial charge in [-0.2, -0.15) is 0 Å². The summed E-state index contributed by atoms with van der Waals surface area (Å²) in [6, 6.07) is 3.00. The van der Waals surface area contributed by atoms with E-state index in [-0.39, 0.29) is 11.5 Å². The van der Waals surface area contributed by atoms with Crippen molar-refractivity contribution in [3.05, 3.63) is 106 Å². The first-order chi connectivity index (χ1) is 19.5. The lowest BCUT2D eigenvalue weighted by atomic mass is 9.90. The van der Waals surface area contributed by atoms with Crippen LogP contribution >= 0.6 is 0 Å². The number of methoxy groups -OCH3 is 1. The van der Waals surface area contributed by atoms with E-state index < -0.39 is 11.6 Å². The van der Waals surface area contributed by atoms with Gasteiger partial charge in [-0.15, -0.1) is 6.58 Å². The van der Waals surface area contributed by atoms with Crippen molar-refractivity contribution in [2.75, 3.05) is 20.2 Å². The monoisotopic (exact) mass is 569 g/mol. The topological polar surface area (TPSA) is 12.5 Å². The third kappa shape index (κ3) is 11.1. The highest BCUT2D eigenvalue weighted by molar-refractivity contribution is 5.48. The van der Waals surface area contributed by atoms with Crippen molar-refractivity contribution in [2.45, 2.75) is 101 Å². The number of rotatable bonds is 10. The Hall–Kier alpha value is -2.88. The third-order valence-corrected chi connectivity index (χ3v) is 6.98. The molecule has 1 saturated heterocycles. The summed E-state index contributed by atoms with van der Waals surface area (Å²) in [6.45, 7) is 29.9. The van der Waals surface area contributed by atoms with Gasteiger partial charge in [0, 0.05) is 30.3 Å². The van der Waals surface area contributed by atoms with Gasteiger partial charge in [-0.25, -0.2) is 8.78 Å². The maximum absolute atomic E-state index is 14.7. The Morgan fingerprint density at radius 3 is 2.02 bits per heavy atom. The molecular formula is C37H57F2NO. The van der Waals surface area contributed by atoms with Gasteiger partial charge in [0.05, 0.1) is 7.11 Å². The maximum atomic E-state index is 14.7. The molecule has 0 saturated carbocycles. The molecule has 41 heavy (non-hydrogen) atoms. The molecule has 0 bridgehead atoms. The number of halogens is 2. The van der Waals surface area contributed by atoms with Crippen LogP contribution in [-0.2, 0) is 11.2 Å². The summed E-state index contributed by atoms with van der Waals surface area (Å²) in [4.78, 5) is 2.27. The summed E-state index contributed by atoms with van der Waals surface area (Å²) in [5.74, 6) is 0.0671. The number of allylic oxidation sites excluding steroid dienone is 6. The van der Waals surface area contributed by atoms with Gasteiger partial charge in [-0.3, -0.25) is 0 Å². The van der Waals surface area contributed by atoms with Gasteiger partial charge in [0.25, 0.3) is 0 Å². The Bertz CT molecular complexity index is 1080. The Balaban J connectivity index is 0.00000244. The van der Waals surface area contributed by atoms with Crippen LogP contribution in [0.2, 0.25) is 0 Å². The van der Waals surface area contributed by atoms with E-state index in [0.717, 1.165) is 40.2 Å². The highest BCUT2D eigenvalue weighted by atomic mass is 19.1. The second kappa shape index (κ2) is 20.1. The summed E-state index contributed by atoms with van der Waals surface area (Å²) in [6.07, 6.45) is 11.9. The molecule has 230 valence electrons. The van der Waals surface area contributed by atoms with E-state index in [1.807, 2.05) is 39.8 Å². The number of likely N-dealkylation sites (tertiary alicyclic amines) is 1. The molecular weight excluding hydrogens is 512 g/mol. The van der Waals surface area contributed by atoms with Crippen LogP contribution in [0.4, 0.5) is 8.78 Å². The Morgan fingerprint density at radius 1 is 1.07 bits per heavy atom. The molecule has 0 amide bonds. The SMILES string of the molecule is C=CC(C)C/C=C1/C(=C\C)C(c2cc(F)c(CC)c(F)c2)CN1CC(=C)/C(C)=C(OC)\C(C)=C/C.CCC.CCC. The molecule has 1 aliphatic rings. The van der Waals surface area contributed by atoms with Crippen molar-refractivity contribution in [1.82, 2.24) is 4.90 Å². The molecule has 2 atom stereocenters. The van der Waals surface area contributed by atoms with Crippen molar-refractivity contribution in [3.8, 4) is 0 Å². The van der Waals surface area contributed by atoms with Crippen LogP contribution in [0.25, 0.3) is 0 Å². The molecule has 1 aromatic rings. The first kappa shape index (κ1) is 38.1. The fraction of sp³-hybridized carbons (Fsp3) is 0.514. The number of hydrogen-bond donors (Lipinski definition) is 0. The zero-order chi connectivity index (χ0) is 31.7. The van der Waals surface area contributed by atoms with Crippen molar-refractivity contribution >= 4 is 0 Å². The largest absolute Gasteiger partial charge is 0.496 e. The van der Waals surface area contributed by atoms with E-state index in [9.17, 15) is 8.78 Å². The van der Waals surface area contributed by atoms with E-state index in [0.29, 0.717) is 31.0 Å². The first-order valence-electron chi connectivity index (χ1n) is 15.2. The molecule has 0 radical (unpaired) electrons. The third-order valence-electron chi connectivity index (χ3n) is 6.98. The number of ether oxygens (including phenoxy) is 1. The standard InChI is InChI=1S/C31H41F2NO.2C3H8/c1-10-20(5)14-15-30-25(12-3)27(24-16-28(32)26(13-4)29(33)17-24)19-34(30)18-22(7)23(8)31(35-9)21(6)11-2;2*1-3-2/h10-12,15-17,20,27H,1,7,13-14,18-19H2,2-6,8-9H3;2*3H2,1-2H3/b21-11-,25-12-,30-15-,31-23+;;. The zero-order valence-electron chi connectivity index (χ0n) is 27.9. The van der Waals surface area contributed by atoms with Gasteiger partial charge in [-0.1, -0.05) is 85.3 Å². The highest BCUT2D eigenvalue weighted by Crippen LogP contribution is 2.41. The van der Waals surface area contributed by atoms with E-state index in [1.54, 1.807) is 14.0 Å². The van der Waals surface area contributed by atoms with Gasteiger partial charge in [-0.05, 0) is 86.4 Å². The molecule has 2 nitrogen and oxygen atoms in total. The first-order valence-corrected chi connectivity index (χ1v) is 15.2. The van der Waals surface area contributed by atoms with Crippen molar-refractivity contribution in [1.29, 1.82) is 0 Å². The van der Waals surface area contributed by atoms with Gasteiger partial charge < -0.3 is 9.64 Å². The van der Waals surface area contributed by atoms with Crippen LogP contribution in [0.5, 0.6) is 0 Å². The molecule has 1 fully saturated rings. The van der Waals surface area contributed by atoms with Gasteiger partial charge in [0.1, 0.15) is 17.4 Å². The average Bonchev–Trinajstić information content (AvgIpc) is 3.29. The minimum absolute atomic E-state index is 0.128. The van der Waals surface area contributed by atoms with Gasteiger partial charge in [0.2, 0.25) is 0 Å². The van der Waals surface area contributed by atoms with Crippen molar-refractivity contribution < 1.29 is 13.5 Å². The maximum Gasteiger partial charge on any atom is 0.129 e. The summed E-state index contributed by atoms with van der Waals surface area (Å²) in [7, 11) is 1.67. The Morgan fingerprint density at radius 2 is 1.61 bits per heavy atom. The molecule has 2 unspecified atom stereocenters. The number of nitrogens with zero attached hydrogens (tertiary/aromatic N) is 1. The van der Waals surface area contributed by atoms with Crippen LogP contribution in [0.1, 0.15) is 106 Å². The summed E-state index contributed by atoms with van der Waals surface area (Å²) >= 11 is 0. The van der Waals surface area contributed by atoms with Gasteiger partial charge >= 0.3 is 0 Å². The summed E-state index contributed by atoms with van der Waals surface area (Å²) in [5.41, 5.74) is 5.96. The molecule has 1 aliphatic heterocycles. The van der Waals surface area contributed by atoms with Gasteiger partial charge in [0.15, 0.2) is 0 Å². The zero-order valence-corrected chi connectivity index (χ0v) is 27.9. The van der Waals surface area contributed by atoms with Crippen LogP contribution in [0.3, 0.4) is 0 Å². The van der Waals surface area contributed by atoms with Crippen molar-refractivity contribution in [3.63, 3.8) is 0 Å². The predicted octanol–water partition coefficient (Wildman–Crippen LogP) is 11.2. The smallest absolute Gasteiger partial charge is 0.129 e. The highest BCUT2D eigenvalue weighted by Gasteiger charge is 2.33. The lowest BCUT2D eigenvalue weighted by Gasteiger charge is -2.23. The molecule has 1 heterocycles. The second-order valence-electron chi connectivity index (χ2n) is 10.7. The lowest BCUT2D eigenvalue weighted by molar-refractivity contribution is 0.296. The van der Waals surface area contributed by atoms with E-state index in [2.05, 4.69) is 64.8 Å². The van der Waals surface area contributed by atoms with Crippen LogP contribution in [0, 0.1) is 17.6 Å². The van der Waals surface area contributed by atoms with Crippen LogP contribution in [-0.4, -0.2) is 25.1 Å². The molecule has 0 aromatic heterocycles. The van der Waals surface area contributed by atoms with Crippen LogP contribution in [0.15, 0.2) is 83.3 Å². The van der Waals surface area contributed by atoms with E-state index in [1.165, 1.54) is 25.0 Å². The summed E-state index contributed by atoms with van der Waals surface area (Å²) < 4.78 is 35.1. The molecule has 0 N–H and O–H groups in total. The number of benzene rings is 1. The van der Waals surface area contributed by atoms with E-state index >= 15 is 0 Å². The number of hydrogen-bond acceptors (Lipinski definition) is 2. The fourth-order valence-corrected chi connectivity index (χ4v) is 4.61.